The molecule has 0 N–H and O–H groups in total. The van der Waals surface area contributed by atoms with Crippen LogP contribution in [0.2, 0.25) is 0 Å². The van der Waals surface area contributed by atoms with Gasteiger partial charge in [0, 0.05) is 16.5 Å². The molecule has 0 aliphatic rings. The first-order chi connectivity index (χ1) is 11.3. The van der Waals surface area contributed by atoms with Gasteiger partial charge in [0.05, 0.1) is 25.3 Å². The number of nitrogens with zero attached hydrogens (tertiary/aromatic N) is 1. The smallest absolute Gasteiger partial charge is 0.119 e. The van der Waals surface area contributed by atoms with Gasteiger partial charge in [0.15, 0.2) is 0 Å². The Balaban J connectivity index is 2.15. The van der Waals surface area contributed by atoms with Crippen molar-refractivity contribution >= 4 is 21.8 Å². The van der Waals surface area contributed by atoms with Gasteiger partial charge in [0.2, 0.25) is 0 Å². The van der Waals surface area contributed by atoms with E-state index < -0.39 is 0 Å². The zero-order valence-corrected chi connectivity index (χ0v) is 13.1. The average molecular weight is 303 g/mol. The highest BCUT2D eigenvalue weighted by atomic mass is 16.5. The Labute approximate surface area is 134 Å². The number of para-hydroxylation sites is 1. The Kier molecular flexibility index (Phi) is 3.19. The molecule has 0 radical (unpaired) electrons. The molecule has 0 aliphatic carbocycles. The third-order valence-corrected chi connectivity index (χ3v) is 4.19. The van der Waals surface area contributed by atoms with E-state index in [1.54, 1.807) is 14.2 Å². The maximum absolute atomic E-state index is 5.40. The first-order valence-electron chi connectivity index (χ1n) is 7.53. The maximum Gasteiger partial charge on any atom is 0.119 e. The molecule has 0 atom stereocenters. The molecule has 0 fully saturated rings. The topological polar surface area (TPSA) is 23.4 Å². The van der Waals surface area contributed by atoms with E-state index in [-0.39, 0.29) is 0 Å². The van der Waals surface area contributed by atoms with Gasteiger partial charge in [0.25, 0.3) is 0 Å². The molecule has 3 aromatic carbocycles. The van der Waals surface area contributed by atoms with Crippen molar-refractivity contribution in [3.8, 4) is 17.2 Å². The molecule has 114 valence electrons. The lowest BCUT2D eigenvalue weighted by Crippen LogP contribution is -1.93. The normalized spacial score (nSPS) is 11.0. The molecule has 4 aromatic rings. The van der Waals surface area contributed by atoms with Crippen LogP contribution in [0.5, 0.6) is 11.5 Å². The zero-order valence-electron chi connectivity index (χ0n) is 13.1. The lowest BCUT2D eigenvalue weighted by Gasteiger charge is -2.08. The third kappa shape index (κ3) is 2.13. The lowest BCUT2D eigenvalue weighted by atomic mass is 10.1. The van der Waals surface area contributed by atoms with E-state index in [9.17, 15) is 0 Å². The number of aromatic nitrogens is 1. The van der Waals surface area contributed by atoms with Gasteiger partial charge in [-0.3, -0.25) is 0 Å². The molecular weight excluding hydrogens is 286 g/mol. The number of rotatable bonds is 3. The molecular formula is C20H17NO2. The first kappa shape index (κ1) is 13.7. The van der Waals surface area contributed by atoms with Crippen LogP contribution in [0.25, 0.3) is 27.5 Å². The Bertz CT molecular complexity index is 926. The Morgan fingerprint density at radius 2 is 1.17 bits per heavy atom. The van der Waals surface area contributed by atoms with Crippen LogP contribution >= 0.6 is 0 Å². The van der Waals surface area contributed by atoms with Crippen molar-refractivity contribution in [2.75, 3.05) is 14.2 Å². The van der Waals surface area contributed by atoms with Gasteiger partial charge in [-0.05, 0) is 48.5 Å². The van der Waals surface area contributed by atoms with Crippen molar-refractivity contribution < 1.29 is 9.47 Å². The third-order valence-electron chi connectivity index (χ3n) is 4.19. The Morgan fingerprint density at radius 3 is 1.65 bits per heavy atom. The van der Waals surface area contributed by atoms with Crippen LogP contribution in [-0.4, -0.2) is 18.8 Å². The van der Waals surface area contributed by atoms with E-state index in [2.05, 4.69) is 53.1 Å². The van der Waals surface area contributed by atoms with Crippen molar-refractivity contribution in [2.45, 2.75) is 0 Å². The summed E-state index contributed by atoms with van der Waals surface area (Å²) in [6.45, 7) is 0. The fraction of sp³-hybridized carbons (Fsp3) is 0.100. The minimum atomic E-state index is 0.854. The molecule has 3 heteroatoms. The fourth-order valence-electron chi connectivity index (χ4n) is 3.09. The summed E-state index contributed by atoms with van der Waals surface area (Å²) < 4.78 is 13.1. The van der Waals surface area contributed by atoms with E-state index >= 15 is 0 Å². The van der Waals surface area contributed by atoms with E-state index in [0.29, 0.717) is 0 Å². The predicted octanol–water partition coefficient (Wildman–Crippen LogP) is 4.80. The molecule has 0 saturated heterocycles. The van der Waals surface area contributed by atoms with E-state index in [0.717, 1.165) is 39.0 Å². The van der Waals surface area contributed by atoms with Crippen LogP contribution in [-0.2, 0) is 0 Å². The molecule has 4 rings (SSSR count). The minimum absolute atomic E-state index is 0.854. The number of benzene rings is 3. The molecule has 0 bridgehead atoms. The maximum atomic E-state index is 5.40. The molecule has 0 unspecified atom stereocenters. The number of hydrogen-bond acceptors (Lipinski definition) is 2. The highest BCUT2D eigenvalue weighted by molar-refractivity contribution is 6.10. The highest BCUT2D eigenvalue weighted by Gasteiger charge is 2.13. The van der Waals surface area contributed by atoms with Crippen LogP contribution < -0.4 is 9.47 Å². The SMILES string of the molecule is COc1ccc2c(c1)c1cc(OC)ccc1n2-c1ccccc1. The summed E-state index contributed by atoms with van der Waals surface area (Å²) in [5.74, 6) is 1.71. The zero-order chi connectivity index (χ0) is 15.8. The average Bonchev–Trinajstić information content (AvgIpc) is 2.95. The van der Waals surface area contributed by atoms with Gasteiger partial charge in [0.1, 0.15) is 11.5 Å². The van der Waals surface area contributed by atoms with E-state index in [1.807, 2.05) is 18.2 Å². The molecule has 0 spiro atoms. The summed E-state index contributed by atoms with van der Waals surface area (Å²) in [7, 11) is 3.39. The summed E-state index contributed by atoms with van der Waals surface area (Å²) in [5.41, 5.74) is 3.45. The number of ether oxygens (including phenoxy) is 2. The molecule has 0 amide bonds. The number of fused-ring (bicyclic) bond motifs is 3. The van der Waals surface area contributed by atoms with Crippen molar-refractivity contribution in [2.24, 2.45) is 0 Å². The predicted molar refractivity (Wildman–Crippen MR) is 93.9 cm³/mol. The first-order valence-corrected chi connectivity index (χ1v) is 7.53. The van der Waals surface area contributed by atoms with Gasteiger partial charge in [-0.1, -0.05) is 18.2 Å². The summed E-state index contributed by atoms with van der Waals surface area (Å²) in [6, 6.07) is 22.7. The van der Waals surface area contributed by atoms with E-state index in [4.69, 9.17) is 9.47 Å². The minimum Gasteiger partial charge on any atom is -0.497 e. The Morgan fingerprint density at radius 1 is 0.652 bits per heavy atom. The highest BCUT2D eigenvalue weighted by Crippen LogP contribution is 2.35. The quantitative estimate of drug-likeness (QED) is 0.542. The summed E-state index contributed by atoms with van der Waals surface area (Å²) in [5, 5.41) is 2.31. The van der Waals surface area contributed by atoms with Crippen molar-refractivity contribution in [3.63, 3.8) is 0 Å². The summed E-state index contributed by atoms with van der Waals surface area (Å²) in [4.78, 5) is 0. The molecule has 0 saturated carbocycles. The van der Waals surface area contributed by atoms with Gasteiger partial charge < -0.3 is 14.0 Å². The van der Waals surface area contributed by atoms with Gasteiger partial charge in [-0.25, -0.2) is 0 Å². The molecule has 0 aliphatic heterocycles. The van der Waals surface area contributed by atoms with Crippen LogP contribution in [0.3, 0.4) is 0 Å². The second kappa shape index (κ2) is 5.36. The molecule has 3 nitrogen and oxygen atoms in total. The standard InChI is InChI=1S/C20H17NO2/c1-22-15-8-10-19-17(12-15)18-13-16(23-2)9-11-20(18)21(19)14-6-4-3-5-7-14/h3-13H,1-2H3. The molecule has 1 heterocycles. The van der Waals surface area contributed by atoms with Gasteiger partial charge >= 0.3 is 0 Å². The van der Waals surface area contributed by atoms with Gasteiger partial charge in [-0.15, -0.1) is 0 Å². The second-order valence-corrected chi connectivity index (χ2v) is 5.44. The monoisotopic (exact) mass is 303 g/mol. The van der Waals surface area contributed by atoms with Crippen molar-refractivity contribution in [1.29, 1.82) is 0 Å². The van der Waals surface area contributed by atoms with E-state index in [1.165, 1.54) is 0 Å². The summed E-state index contributed by atoms with van der Waals surface area (Å²) >= 11 is 0. The number of methoxy groups -OCH3 is 2. The van der Waals surface area contributed by atoms with Crippen molar-refractivity contribution in [1.82, 2.24) is 4.57 Å². The summed E-state index contributed by atoms with van der Waals surface area (Å²) in [6.07, 6.45) is 0. The fourth-order valence-corrected chi connectivity index (χ4v) is 3.09. The van der Waals surface area contributed by atoms with Crippen LogP contribution in [0.4, 0.5) is 0 Å². The van der Waals surface area contributed by atoms with Gasteiger partial charge in [-0.2, -0.15) is 0 Å². The van der Waals surface area contributed by atoms with Crippen LogP contribution in [0.15, 0.2) is 66.7 Å². The van der Waals surface area contributed by atoms with Crippen LogP contribution in [0.1, 0.15) is 0 Å². The van der Waals surface area contributed by atoms with Crippen LogP contribution in [0, 0.1) is 0 Å². The lowest BCUT2D eigenvalue weighted by molar-refractivity contribution is 0.415. The second-order valence-electron chi connectivity index (χ2n) is 5.44. The van der Waals surface area contributed by atoms with Crippen molar-refractivity contribution in [3.05, 3.63) is 66.7 Å². The Hall–Kier alpha value is -2.94. The number of hydrogen-bond donors (Lipinski definition) is 0. The molecule has 1 aromatic heterocycles. The largest absolute Gasteiger partial charge is 0.497 e. The molecule has 23 heavy (non-hydrogen) atoms.